The van der Waals surface area contributed by atoms with Crippen molar-refractivity contribution >= 4 is 40.2 Å². The van der Waals surface area contributed by atoms with Gasteiger partial charge in [-0.25, -0.2) is 4.98 Å². The molecule has 2 amide bonds. The second kappa shape index (κ2) is 11.2. The van der Waals surface area contributed by atoms with Crippen LogP contribution in [0, 0.1) is 0 Å². The zero-order valence-corrected chi connectivity index (χ0v) is 22.2. The number of nitrogens with zero attached hydrogens (tertiary/aromatic N) is 2. The third-order valence-corrected chi connectivity index (χ3v) is 6.68. The molecule has 7 heteroatoms. The molecule has 7 nitrogen and oxygen atoms in total. The third-order valence-electron chi connectivity index (χ3n) is 6.68. The summed E-state index contributed by atoms with van der Waals surface area (Å²) in [5.74, 6) is 0.417. The highest BCUT2D eigenvalue weighted by Crippen LogP contribution is 2.26. The monoisotopic (exact) mass is 517 g/mol. The number of nitrogens with one attached hydrogen (secondary N) is 3. The molecule has 1 aromatic heterocycles. The molecule has 0 aliphatic rings. The quantitative estimate of drug-likeness (QED) is 0.209. The SMILES string of the molecule is CC(C)c1ccc(NC(=O)[C@H](c2ccccc2)N(C)C(=O)c2cccc(Nc3nc4ccccc4[nH]3)c2)cc1. The Kier molecular flexibility index (Phi) is 7.41. The highest BCUT2D eigenvalue weighted by Gasteiger charge is 2.29. The maximum absolute atomic E-state index is 13.7. The summed E-state index contributed by atoms with van der Waals surface area (Å²) in [6.07, 6.45) is 0. The number of likely N-dealkylation sites (N-methyl/N-ethyl adjacent to an activating group) is 1. The van der Waals surface area contributed by atoms with Crippen LogP contribution >= 0.6 is 0 Å². The lowest BCUT2D eigenvalue weighted by Crippen LogP contribution is -2.38. The Labute approximate surface area is 227 Å². The van der Waals surface area contributed by atoms with Gasteiger partial charge in [0.15, 0.2) is 0 Å². The number of imidazole rings is 1. The van der Waals surface area contributed by atoms with E-state index in [4.69, 9.17) is 0 Å². The first kappa shape index (κ1) is 25.7. The Morgan fingerprint density at radius 1 is 0.795 bits per heavy atom. The van der Waals surface area contributed by atoms with E-state index in [1.807, 2.05) is 84.9 Å². The molecule has 5 aromatic rings. The number of hydrogen-bond donors (Lipinski definition) is 3. The lowest BCUT2D eigenvalue weighted by Gasteiger charge is -2.28. The zero-order chi connectivity index (χ0) is 27.4. The summed E-state index contributed by atoms with van der Waals surface area (Å²) < 4.78 is 0. The summed E-state index contributed by atoms with van der Waals surface area (Å²) in [5.41, 5.74) is 5.53. The minimum Gasteiger partial charge on any atom is -0.326 e. The maximum atomic E-state index is 13.7. The van der Waals surface area contributed by atoms with Crippen molar-refractivity contribution in [3.63, 3.8) is 0 Å². The van der Waals surface area contributed by atoms with Crippen molar-refractivity contribution in [2.24, 2.45) is 0 Å². The van der Waals surface area contributed by atoms with Gasteiger partial charge in [0.1, 0.15) is 6.04 Å². The molecule has 0 fully saturated rings. The summed E-state index contributed by atoms with van der Waals surface area (Å²) in [7, 11) is 1.65. The van der Waals surface area contributed by atoms with Crippen LogP contribution in [-0.4, -0.2) is 33.7 Å². The van der Waals surface area contributed by atoms with Gasteiger partial charge in [-0.05, 0) is 59.5 Å². The number of H-pyrrole nitrogens is 1. The van der Waals surface area contributed by atoms with Gasteiger partial charge >= 0.3 is 0 Å². The fourth-order valence-electron chi connectivity index (χ4n) is 4.55. The molecule has 0 unspecified atom stereocenters. The first-order chi connectivity index (χ1) is 18.9. The molecule has 0 aliphatic carbocycles. The highest BCUT2D eigenvalue weighted by atomic mass is 16.2. The number of para-hydroxylation sites is 2. The Bertz CT molecular complexity index is 1560. The molecule has 0 radical (unpaired) electrons. The molecule has 0 saturated carbocycles. The highest BCUT2D eigenvalue weighted by molar-refractivity contribution is 6.02. The Morgan fingerprint density at radius 3 is 2.23 bits per heavy atom. The molecule has 0 saturated heterocycles. The summed E-state index contributed by atoms with van der Waals surface area (Å²) in [4.78, 5) is 36.5. The fourth-order valence-corrected chi connectivity index (χ4v) is 4.55. The average Bonchev–Trinajstić information content (AvgIpc) is 3.36. The van der Waals surface area contributed by atoms with Crippen LogP contribution in [0.2, 0.25) is 0 Å². The van der Waals surface area contributed by atoms with Crippen LogP contribution in [0.25, 0.3) is 11.0 Å². The number of aromatic amines is 1. The molecule has 39 heavy (non-hydrogen) atoms. The minimum atomic E-state index is -0.824. The molecule has 0 bridgehead atoms. The summed E-state index contributed by atoms with van der Waals surface area (Å²) in [5, 5.41) is 6.23. The van der Waals surface area contributed by atoms with Crippen LogP contribution < -0.4 is 10.6 Å². The Hall–Kier alpha value is -4.91. The van der Waals surface area contributed by atoms with E-state index >= 15 is 0 Å². The molecule has 5 rings (SSSR count). The minimum absolute atomic E-state index is 0.276. The smallest absolute Gasteiger partial charge is 0.254 e. The number of fused-ring (bicyclic) bond motifs is 1. The topological polar surface area (TPSA) is 90.1 Å². The molecule has 4 aromatic carbocycles. The van der Waals surface area contributed by atoms with E-state index in [2.05, 4.69) is 34.4 Å². The van der Waals surface area contributed by atoms with Gasteiger partial charge in [0.05, 0.1) is 11.0 Å². The van der Waals surface area contributed by atoms with E-state index in [1.165, 1.54) is 10.5 Å². The number of amides is 2. The van der Waals surface area contributed by atoms with Crippen molar-refractivity contribution in [1.29, 1.82) is 0 Å². The summed E-state index contributed by atoms with van der Waals surface area (Å²) in [6.45, 7) is 4.25. The van der Waals surface area contributed by atoms with Crippen LogP contribution in [-0.2, 0) is 4.79 Å². The average molecular weight is 518 g/mol. The van der Waals surface area contributed by atoms with Crippen molar-refractivity contribution in [1.82, 2.24) is 14.9 Å². The van der Waals surface area contributed by atoms with Gasteiger partial charge < -0.3 is 20.5 Å². The molecule has 1 heterocycles. The molecular weight excluding hydrogens is 486 g/mol. The molecule has 3 N–H and O–H groups in total. The van der Waals surface area contributed by atoms with Crippen molar-refractivity contribution < 1.29 is 9.59 Å². The number of anilines is 3. The number of aromatic nitrogens is 2. The third kappa shape index (κ3) is 5.83. The van der Waals surface area contributed by atoms with Crippen LogP contribution in [0.15, 0.2) is 103 Å². The molecule has 1 atom stereocenters. The van der Waals surface area contributed by atoms with Gasteiger partial charge in [-0.2, -0.15) is 0 Å². The van der Waals surface area contributed by atoms with Gasteiger partial charge in [-0.3, -0.25) is 9.59 Å². The van der Waals surface area contributed by atoms with E-state index in [-0.39, 0.29) is 11.8 Å². The zero-order valence-electron chi connectivity index (χ0n) is 22.2. The number of rotatable bonds is 8. The normalized spacial score (nSPS) is 11.8. The second-order valence-corrected chi connectivity index (χ2v) is 9.80. The van der Waals surface area contributed by atoms with Gasteiger partial charge in [0, 0.05) is 24.0 Å². The van der Waals surface area contributed by atoms with E-state index in [1.54, 1.807) is 25.2 Å². The van der Waals surface area contributed by atoms with Gasteiger partial charge in [0.25, 0.3) is 11.8 Å². The van der Waals surface area contributed by atoms with Crippen molar-refractivity contribution in [2.75, 3.05) is 17.7 Å². The first-order valence-electron chi connectivity index (χ1n) is 12.9. The Morgan fingerprint density at radius 2 is 1.51 bits per heavy atom. The van der Waals surface area contributed by atoms with Gasteiger partial charge in [0.2, 0.25) is 5.95 Å². The number of carbonyl (C=O) groups is 2. The van der Waals surface area contributed by atoms with E-state index in [9.17, 15) is 9.59 Å². The number of carbonyl (C=O) groups excluding carboxylic acids is 2. The van der Waals surface area contributed by atoms with Crippen molar-refractivity contribution in [3.8, 4) is 0 Å². The summed E-state index contributed by atoms with van der Waals surface area (Å²) in [6, 6.07) is 31.2. The largest absolute Gasteiger partial charge is 0.326 e. The molecule has 196 valence electrons. The lowest BCUT2D eigenvalue weighted by molar-refractivity contribution is -0.120. The first-order valence-corrected chi connectivity index (χ1v) is 12.9. The Balaban J connectivity index is 1.38. The van der Waals surface area contributed by atoms with Crippen LogP contribution in [0.4, 0.5) is 17.3 Å². The summed E-state index contributed by atoms with van der Waals surface area (Å²) >= 11 is 0. The predicted octanol–water partition coefficient (Wildman–Crippen LogP) is 6.88. The van der Waals surface area contributed by atoms with Gasteiger partial charge in [-0.15, -0.1) is 0 Å². The van der Waals surface area contributed by atoms with Gasteiger partial charge in [-0.1, -0.05) is 74.5 Å². The van der Waals surface area contributed by atoms with E-state index < -0.39 is 6.04 Å². The van der Waals surface area contributed by atoms with E-state index in [0.717, 1.165) is 16.6 Å². The molecular formula is C32H31N5O2. The van der Waals surface area contributed by atoms with Crippen LogP contribution in [0.3, 0.4) is 0 Å². The van der Waals surface area contributed by atoms with E-state index in [0.29, 0.717) is 28.8 Å². The van der Waals surface area contributed by atoms with Crippen LogP contribution in [0.1, 0.15) is 47.3 Å². The number of benzene rings is 4. The number of hydrogen-bond acceptors (Lipinski definition) is 4. The second-order valence-electron chi connectivity index (χ2n) is 9.80. The molecule has 0 spiro atoms. The lowest BCUT2D eigenvalue weighted by atomic mass is 10.0. The van der Waals surface area contributed by atoms with Crippen LogP contribution in [0.5, 0.6) is 0 Å². The predicted molar refractivity (Wildman–Crippen MR) is 156 cm³/mol. The van der Waals surface area contributed by atoms with Crippen molar-refractivity contribution in [3.05, 3.63) is 120 Å². The maximum Gasteiger partial charge on any atom is 0.254 e. The molecule has 0 aliphatic heterocycles. The van der Waals surface area contributed by atoms with Crippen molar-refractivity contribution in [2.45, 2.75) is 25.8 Å². The standard InChI is InChI=1S/C32H31N5O2/c1-21(2)22-16-18-25(19-17-22)33-30(38)29(23-10-5-4-6-11-23)37(3)31(39)24-12-9-13-26(20-24)34-32-35-27-14-7-8-15-28(27)36-32/h4-21,29H,1-3H3,(H,33,38)(H2,34,35,36)/t29-/m0/s1. The fraction of sp³-hybridized carbons (Fsp3) is 0.156.